The Morgan fingerprint density at radius 1 is 1.31 bits per heavy atom. The fourth-order valence-electron chi connectivity index (χ4n) is 1.12. The van der Waals surface area contributed by atoms with Crippen LogP contribution >= 0.6 is 0 Å². The van der Waals surface area contributed by atoms with Crippen LogP contribution in [0.1, 0.15) is 18.4 Å². The molecule has 0 amide bonds. The third-order valence-corrected chi connectivity index (χ3v) is 1.89. The molecule has 1 nitrogen and oxygen atoms in total. The topological polar surface area (TPSA) is 20.2 Å². The lowest BCUT2D eigenvalue weighted by Gasteiger charge is -2.03. The van der Waals surface area contributed by atoms with Crippen molar-refractivity contribution in [2.75, 3.05) is 6.61 Å². The second-order valence-corrected chi connectivity index (χ2v) is 2.94. The number of rotatable bonds is 4. The molecule has 0 bridgehead atoms. The molecule has 70 valence electrons. The summed E-state index contributed by atoms with van der Waals surface area (Å²) in [7, 11) is 0. The van der Waals surface area contributed by atoms with Gasteiger partial charge in [0.15, 0.2) is 0 Å². The molecule has 1 aromatic carbocycles. The highest BCUT2D eigenvalue weighted by atomic mass is 19.1. The largest absolute Gasteiger partial charge is 0.396 e. The van der Waals surface area contributed by atoms with Crippen LogP contribution in [-0.2, 0) is 0 Å². The molecule has 0 saturated heterocycles. The second-order valence-electron chi connectivity index (χ2n) is 2.94. The van der Waals surface area contributed by atoms with Crippen molar-refractivity contribution < 1.29 is 9.50 Å². The van der Waals surface area contributed by atoms with Crippen LogP contribution < -0.4 is 0 Å². The molecule has 0 fully saturated rings. The molecule has 0 saturated carbocycles. The highest BCUT2D eigenvalue weighted by molar-refractivity contribution is 5.62. The predicted molar refractivity (Wildman–Crippen MR) is 51.8 cm³/mol. The van der Waals surface area contributed by atoms with Gasteiger partial charge >= 0.3 is 0 Å². The van der Waals surface area contributed by atoms with Crippen LogP contribution in [-0.4, -0.2) is 11.7 Å². The van der Waals surface area contributed by atoms with Gasteiger partial charge in [0.2, 0.25) is 0 Å². The third-order valence-electron chi connectivity index (χ3n) is 1.89. The summed E-state index contributed by atoms with van der Waals surface area (Å²) in [5.41, 5.74) is 1.88. The number of aliphatic hydroxyl groups is 1. The van der Waals surface area contributed by atoms with Crippen molar-refractivity contribution in [2.24, 2.45) is 0 Å². The van der Waals surface area contributed by atoms with Crippen LogP contribution in [0.2, 0.25) is 0 Å². The van der Waals surface area contributed by atoms with E-state index in [0.29, 0.717) is 6.42 Å². The van der Waals surface area contributed by atoms with E-state index in [9.17, 15) is 4.39 Å². The first-order chi connectivity index (χ1) is 6.24. The number of allylic oxidation sites excluding steroid dienone is 1. The van der Waals surface area contributed by atoms with Crippen LogP contribution in [0.5, 0.6) is 0 Å². The zero-order valence-corrected chi connectivity index (χ0v) is 7.46. The SMILES string of the molecule is C=C(CCCO)c1ccc(F)cc1. The number of hydrogen-bond acceptors (Lipinski definition) is 1. The minimum absolute atomic E-state index is 0.167. The molecule has 0 aliphatic rings. The normalized spacial score (nSPS) is 10.0. The molecule has 1 rings (SSSR count). The Hall–Kier alpha value is -1.15. The van der Waals surface area contributed by atoms with Crippen LogP contribution in [0.3, 0.4) is 0 Å². The molecule has 13 heavy (non-hydrogen) atoms. The fraction of sp³-hybridized carbons (Fsp3) is 0.273. The van der Waals surface area contributed by atoms with Gasteiger partial charge in [-0.2, -0.15) is 0 Å². The Kier molecular flexibility index (Phi) is 3.65. The molecule has 0 aliphatic heterocycles. The first kappa shape index (κ1) is 9.93. The molecule has 0 radical (unpaired) electrons. The van der Waals surface area contributed by atoms with E-state index in [-0.39, 0.29) is 12.4 Å². The number of aliphatic hydroxyl groups excluding tert-OH is 1. The van der Waals surface area contributed by atoms with Crippen molar-refractivity contribution >= 4 is 5.57 Å². The maximum absolute atomic E-state index is 12.5. The number of benzene rings is 1. The Morgan fingerprint density at radius 3 is 2.46 bits per heavy atom. The fourth-order valence-corrected chi connectivity index (χ4v) is 1.12. The maximum atomic E-state index is 12.5. The van der Waals surface area contributed by atoms with Crippen LogP contribution in [0.25, 0.3) is 5.57 Å². The van der Waals surface area contributed by atoms with E-state index in [1.165, 1.54) is 12.1 Å². The summed E-state index contributed by atoms with van der Waals surface area (Å²) in [4.78, 5) is 0. The molecule has 0 heterocycles. The number of hydrogen-bond donors (Lipinski definition) is 1. The zero-order valence-electron chi connectivity index (χ0n) is 7.46. The molecule has 1 N–H and O–H groups in total. The first-order valence-corrected chi connectivity index (χ1v) is 4.28. The zero-order chi connectivity index (χ0) is 9.68. The summed E-state index contributed by atoms with van der Waals surface area (Å²) in [6.07, 6.45) is 1.46. The van der Waals surface area contributed by atoms with Gasteiger partial charge in [0.1, 0.15) is 5.82 Å². The molecule has 0 atom stereocenters. The first-order valence-electron chi connectivity index (χ1n) is 4.28. The highest BCUT2D eigenvalue weighted by Crippen LogP contribution is 2.17. The van der Waals surface area contributed by atoms with E-state index in [4.69, 9.17) is 5.11 Å². The van der Waals surface area contributed by atoms with Gasteiger partial charge in [0.25, 0.3) is 0 Å². The molecular formula is C11H13FO. The highest BCUT2D eigenvalue weighted by Gasteiger charge is 1.98. The van der Waals surface area contributed by atoms with E-state index >= 15 is 0 Å². The van der Waals surface area contributed by atoms with E-state index in [2.05, 4.69) is 6.58 Å². The lowest BCUT2D eigenvalue weighted by Crippen LogP contribution is -1.87. The molecule has 0 aliphatic carbocycles. The van der Waals surface area contributed by atoms with Gasteiger partial charge in [-0.1, -0.05) is 18.7 Å². The van der Waals surface area contributed by atoms with Crippen molar-refractivity contribution in [3.8, 4) is 0 Å². The molecule has 0 aromatic heterocycles. The Balaban J connectivity index is 2.61. The van der Waals surface area contributed by atoms with Crippen LogP contribution in [0.4, 0.5) is 4.39 Å². The van der Waals surface area contributed by atoms with Gasteiger partial charge in [-0.3, -0.25) is 0 Å². The molecular weight excluding hydrogens is 167 g/mol. The Bertz CT molecular complexity index is 277. The quantitative estimate of drug-likeness (QED) is 0.755. The summed E-state index contributed by atoms with van der Waals surface area (Å²) in [5, 5.41) is 8.61. The average molecular weight is 180 g/mol. The van der Waals surface area contributed by atoms with E-state index in [1.54, 1.807) is 12.1 Å². The van der Waals surface area contributed by atoms with E-state index in [0.717, 1.165) is 17.6 Å². The van der Waals surface area contributed by atoms with Crippen molar-refractivity contribution in [1.29, 1.82) is 0 Å². The maximum Gasteiger partial charge on any atom is 0.123 e. The van der Waals surface area contributed by atoms with Gasteiger partial charge < -0.3 is 5.11 Å². The lowest BCUT2D eigenvalue weighted by molar-refractivity contribution is 0.290. The predicted octanol–water partition coefficient (Wildman–Crippen LogP) is 2.61. The average Bonchev–Trinajstić information content (AvgIpc) is 2.15. The van der Waals surface area contributed by atoms with Gasteiger partial charge in [-0.25, -0.2) is 4.39 Å². The van der Waals surface area contributed by atoms with Crippen molar-refractivity contribution in [3.05, 3.63) is 42.2 Å². The molecule has 0 unspecified atom stereocenters. The van der Waals surface area contributed by atoms with Crippen LogP contribution in [0, 0.1) is 5.82 Å². The van der Waals surface area contributed by atoms with Crippen molar-refractivity contribution in [2.45, 2.75) is 12.8 Å². The molecule has 1 aromatic rings. The van der Waals surface area contributed by atoms with Gasteiger partial charge in [-0.05, 0) is 36.1 Å². The van der Waals surface area contributed by atoms with E-state index < -0.39 is 0 Å². The smallest absolute Gasteiger partial charge is 0.123 e. The van der Waals surface area contributed by atoms with Crippen molar-refractivity contribution in [3.63, 3.8) is 0 Å². The van der Waals surface area contributed by atoms with Gasteiger partial charge in [0.05, 0.1) is 0 Å². The lowest BCUT2D eigenvalue weighted by atomic mass is 10.0. The Morgan fingerprint density at radius 2 is 1.92 bits per heavy atom. The monoisotopic (exact) mass is 180 g/mol. The molecule has 2 heteroatoms. The second kappa shape index (κ2) is 4.77. The molecule has 0 spiro atoms. The van der Waals surface area contributed by atoms with Gasteiger partial charge in [-0.15, -0.1) is 0 Å². The summed E-state index contributed by atoms with van der Waals surface area (Å²) in [6.45, 7) is 4.03. The van der Waals surface area contributed by atoms with Gasteiger partial charge in [0, 0.05) is 6.61 Å². The summed E-state index contributed by atoms with van der Waals surface area (Å²) >= 11 is 0. The van der Waals surface area contributed by atoms with E-state index in [1.807, 2.05) is 0 Å². The Labute approximate surface area is 77.5 Å². The summed E-state index contributed by atoms with van der Waals surface area (Å²) < 4.78 is 12.5. The number of halogens is 1. The van der Waals surface area contributed by atoms with Crippen molar-refractivity contribution in [1.82, 2.24) is 0 Å². The summed E-state index contributed by atoms with van der Waals surface area (Å²) in [5.74, 6) is -0.237. The summed E-state index contributed by atoms with van der Waals surface area (Å²) in [6, 6.07) is 6.24. The van der Waals surface area contributed by atoms with Crippen LogP contribution in [0.15, 0.2) is 30.8 Å². The minimum atomic E-state index is -0.237. The standard InChI is InChI=1S/C11H13FO/c1-9(3-2-8-13)10-4-6-11(12)7-5-10/h4-7,13H,1-3,8H2. The minimum Gasteiger partial charge on any atom is -0.396 e. The third kappa shape index (κ3) is 2.99.